The molecule has 0 aliphatic carbocycles. The summed E-state index contributed by atoms with van der Waals surface area (Å²) in [5, 5.41) is 9.31. The third-order valence-corrected chi connectivity index (χ3v) is 3.19. The van der Waals surface area contributed by atoms with Gasteiger partial charge in [0.25, 0.3) is 0 Å². The monoisotopic (exact) mass is 226 g/mol. The number of aliphatic hydroxyl groups excluding tert-OH is 1. The molecule has 0 amide bonds. The van der Waals surface area contributed by atoms with Crippen LogP contribution in [0, 0.1) is 5.92 Å². The number of hydrogen-bond donors (Lipinski definition) is 1. The molecule has 0 aromatic carbocycles. The lowest BCUT2D eigenvalue weighted by Crippen LogP contribution is -2.12. The Hall–Kier alpha value is -0.830. The largest absolute Gasteiger partial charge is 0.455 e. The first-order chi connectivity index (χ1) is 7.59. The highest BCUT2D eigenvalue weighted by atomic mass is 16.5. The van der Waals surface area contributed by atoms with Crippen LogP contribution in [0.1, 0.15) is 46.0 Å². The Kier molecular flexibility index (Phi) is 5.53. The number of esters is 1. The predicted molar refractivity (Wildman–Crippen MR) is 62.9 cm³/mol. The van der Waals surface area contributed by atoms with Crippen LogP contribution >= 0.6 is 0 Å². The highest BCUT2D eigenvalue weighted by Gasteiger charge is 2.15. The van der Waals surface area contributed by atoms with Gasteiger partial charge in [-0.05, 0) is 38.2 Å². The number of unbranched alkanes of at least 4 members (excludes halogenated alkanes) is 2. The molecule has 0 radical (unpaired) electrons. The minimum atomic E-state index is -0.215. The topological polar surface area (TPSA) is 46.5 Å². The molecule has 3 atom stereocenters. The van der Waals surface area contributed by atoms with E-state index in [1.165, 1.54) is 6.08 Å². The number of carbonyl (C=O) groups is 1. The highest BCUT2D eigenvalue weighted by Crippen LogP contribution is 2.17. The average Bonchev–Trinajstić information content (AvgIpc) is 2.63. The van der Waals surface area contributed by atoms with Crippen LogP contribution in [0.5, 0.6) is 0 Å². The molecule has 1 aliphatic rings. The van der Waals surface area contributed by atoms with Crippen molar-refractivity contribution in [3.05, 3.63) is 12.2 Å². The van der Waals surface area contributed by atoms with Gasteiger partial charge in [0.15, 0.2) is 0 Å². The van der Waals surface area contributed by atoms with Gasteiger partial charge in [-0.3, -0.25) is 0 Å². The van der Waals surface area contributed by atoms with Gasteiger partial charge in [-0.25, -0.2) is 4.79 Å². The van der Waals surface area contributed by atoms with E-state index >= 15 is 0 Å². The second-order valence-electron chi connectivity index (χ2n) is 4.69. The summed E-state index contributed by atoms with van der Waals surface area (Å²) in [6.07, 6.45) is 8.47. The number of hydrogen-bond acceptors (Lipinski definition) is 3. The van der Waals surface area contributed by atoms with Gasteiger partial charge in [-0.1, -0.05) is 19.8 Å². The summed E-state index contributed by atoms with van der Waals surface area (Å²) in [5.74, 6) is 0.164. The molecule has 0 spiro atoms. The first-order valence-corrected chi connectivity index (χ1v) is 6.16. The standard InChI is InChI=1S/C13H22O3/c1-10(11(2)14)6-4-3-5-7-12-8-9-13(15)16-12/h8-12,14H,3-7H2,1-2H3/t10-,11+,12-/m1/s1. The summed E-state index contributed by atoms with van der Waals surface area (Å²) in [7, 11) is 0. The van der Waals surface area contributed by atoms with Crippen molar-refractivity contribution >= 4 is 5.97 Å². The van der Waals surface area contributed by atoms with Crippen molar-refractivity contribution in [1.82, 2.24) is 0 Å². The third-order valence-electron chi connectivity index (χ3n) is 3.19. The zero-order chi connectivity index (χ0) is 12.0. The molecule has 16 heavy (non-hydrogen) atoms. The van der Waals surface area contributed by atoms with E-state index in [1.54, 1.807) is 0 Å². The van der Waals surface area contributed by atoms with Crippen LogP contribution in [0.25, 0.3) is 0 Å². The van der Waals surface area contributed by atoms with Gasteiger partial charge in [0.05, 0.1) is 6.10 Å². The first kappa shape index (κ1) is 13.2. The molecule has 0 fully saturated rings. The minimum Gasteiger partial charge on any atom is -0.455 e. The molecule has 92 valence electrons. The Morgan fingerprint density at radius 1 is 1.38 bits per heavy atom. The fourth-order valence-electron chi connectivity index (χ4n) is 1.80. The van der Waals surface area contributed by atoms with E-state index in [9.17, 15) is 9.90 Å². The van der Waals surface area contributed by atoms with Crippen molar-refractivity contribution in [2.45, 2.75) is 58.2 Å². The van der Waals surface area contributed by atoms with E-state index in [1.807, 2.05) is 13.0 Å². The predicted octanol–water partition coefficient (Wildman–Crippen LogP) is 2.44. The molecule has 1 N–H and O–H groups in total. The van der Waals surface area contributed by atoms with E-state index in [2.05, 4.69) is 6.92 Å². The SMILES string of the molecule is C[C@H](O)[C@H](C)CCCCC[C@@H]1C=CC(=O)O1. The second-order valence-corrected chi connectivity index (χ2v) is 4.69. The van der Waals surface area contributed by atoms with Gasteiger partial charge in [0, 0.05) is 6.08 Å². The van der Waals surface area contributed by atoms with Crippen LogP contribution in [0.3, 0.4) is 0 Å². The lowest BCUT2D eigenvalue weighted by molar-refractivity contribution is -0.138. The van der Waals surface area contributed by atoms with Gasteiger partial charge in [-0.2, -0.15) is 0 Å². The van der Waals surface area contributed by atoms with Crippen LogP contribution in [0.15, 0.2) is 12.2 Å². The first-order valence-electron chi connectivity index (χ1n) is 6.16. The maximum atomic E-state index is 10.8. The van der Waals surface area contributed by atoms with Crippen molar-refractivity contribution in [3.63, 3.8) is 0 Å². The molecule has 3 nitrogen and oxygen atoms in total. The maximum Gasteiger partial charge on any atom is 0.331 e. The van der Waals surface area contributed by atoms with Crippen molar-refractivity contribution in [3.8, 4) is 0 Å². The van der Waals surface area contributed by atoms with Crippen molar-refractivity contribution < 1.29 is 14.6 Å². The van der Waals surface area contributed by atoms with Gasteiger partial charge in [-0.15, -0.1) is 0 Å². The Morgan fingerprint density at radius 3 is 2.69 bits per heavy atom. The second kappa shape index (κ2) is 6.69. The molecule has 1 aliphatic heterocycles. The molecule has 3 heteroatoms. The fraction of sp³-hybridized carbons (Fsp3) is 0.769. The summed E-state index contributed by atoms with van der Waals surface area (Å²) in [5.41, 5.74) is 0. The van der Waals surface area contributed by atoms with Crippen LogP contribution in [0.2, 0.25) is 0 Å². The molecule has 1 rings (SSSR count). The van der Waals surface area contributed by atoms with E-state index in [0.717, 1.165) is 32.1 Å². The zero-order valence-corrected chi connectivity index (χ0v) is 10.2. The van der Waals surface area contributed by atoms with E-state index in [0.29, 0.717) is 5.92 Å². The third kappa shape index (κ3) is 4.79. The lowest BCUT2D eigenvalue weighted by Gasteiger charge is -2.14. The maximum absolute atomic E-state index is 10.8. The van der Waals surface area contributed by atoms with Crippen LogP contribution in [-0.4, -0.2) is 23.3 Å². The molecule has 0 saturated carbocycles. The minimum absolute atomic E-state index is 0.00156. The summed E-state index contributed by atoms with van der Waals surface area (Å²) in [6, 6.07) is 0. The van der Waals surface area contributed by atoms with Crippen molar-refractivity contribution in [2.24, 2.45) is 5.92 Å². The summed E-state index contributed by atoms with van der Waals surface area (Å²) in [4.78, 5) is 10.8. The molecular weight excluding hydrogens is 204 g/mol. The van der Waals surface area contributed by atoms with Gasteiger partial charge in [0.1, 0.15) is 6.10 Å². The number of cyclic esters (lactones) is 1. The Balaban J connectivity index is 1.96. The molecule has 0 aromatic rings. The van der Waals surface area contributed by atoms with Crippen LogP contribution in [-0.2, 0) is 9.53 Å². The van der Waals surface area contributed by atoms with Crippen LogP contribution in [0.4, 0.5) is 0 Å². The highest BCUT2D eigenvalue weighted by molar-refractivity contribution is 5.84. The number of rotatable bonds is 7. The zero-order valence-electron chi connectivity index (χ0n) is 10.2. The summed E-state index contributed by atoms with van der Waals surface area (Å²) < 4.78 is 5.04. The van der Waals surface area contributed by atoms with Crippen molar-refractivity contribution in [1.29, 1.82) is 0 Å². The molecular formula is C13H22O3. The number of carbonyl (C=O) groups excluding carboxylic acids is 1. The molecule has 0 bridgehead atoms. The molecule has 0 aromatic heterocycles. The van der Waals surface area contributed by atoms with Crippen molar-refractivity contribution in [2.75, 3.05) is 0 Å². The number of aliphatic hydroxyl groups is 1. The van der Waals surface area contributed by atoms with E-state index in [4.69, 9.17) is 4.74 Å². The van der Waals surface area contributed by atoms with E-state index < -0.39 is 0 Å². The number of ether oxygens (including phenoxy) is 1. The molecule has 1 heterocycles. The summed E-state index contributed by atoms with van der Waals surface area (Å²) >= 11 is 0. The molecule has 0 saturated heterocycles. The van der Waals surface area contributed by atoms with E-state index in [-0.39, 0.29) is 18.2 Å². The van der Waals surface area contributed by atoms with Gasteiger partial charge in [0.2, 0.25) is 0 Å². The normalized spacial score (nSPS) is 23.2. The fourth-order valence-corrected chi connectivity index (χ4v) is 1.80. The Labute approximate surface area is 97.5 Å². The Morgan fingerprint density at radius 2 is 2.12 bits per heavy atom. The Bertz CT molecular complexity index is 246. The van der Waals surface area contributed by atoms with Crippen LogP contribution < -0.4 is 0 Å². The quantitative estimate of drug-likeness (QED) is 0.535. The van der Waals surface area contributed by atoms with Gasteiger partial charge < -0.3 is 9.84 Å². The smallest absolute Gasteiger partial charge is 0.331 e. The lowest BCUT2D eigenvalue weighted by atomic mass is 9.98. The average molecular weight is 226 g/mol. The van der Waals surface area contributed by atoms with Gasteiger partial charge >= 0.3 is 5.97 Å². The molecule has 0 unspecified atom stereocenters. The summed E-state index contributed by atoms with van der Waals surface area (Å²) in [6.45, 7) is 3.92.